The number of aromatic carboxylic acids is 1. The van der Waals surface area contributed by atoms with Gasteiger partial charge >= 0.3 is 5.97 Å². The molecule has 0 bridgehead atoms. The van der Waals surface area contributed by atoms with Crippen LogP contribution in [0.3, 0.4) is 0 Å². The number of nitrogens with one attached hydrogen (secondary N) is 1. The van der Waals surface area contributed by atoms with Crippen LogP contribution in [-0.4, -0.2) is 57.8 Å². The van der Waals surface area contributed by atoms with E-state index in [9.17, 15) is 18.3 Å². The third kappa shape index (κ3) is 2.56. The molecular weight excluding hydrogens is 286 g/mol. The molecule has 1 saturated heterocycles. The van der Waals surface area contributed by atoms with Crippen molar-refractivity contribution in [2.75, 3.05) is 13.1 Å². The zero-order valence-corrected chi connectivity index (χ0v) is 12.1. The van der Waals surface area contributed by atoms with Gasteiger partial charge in [-0.25, -0.2) is 13.2 Å². The fraction of sp³-hybridized carbons (Fsp3) is 0.636. The van der Waals surface area contributed by atoms with Gasteiger partial charge in [-0.05, 0) is 26.7 Å². The first-order valence-electron chi connectivity index (χ1n) is 6.16. The van der Waals surface area contributed by atoms with Gasteiger partial charge < -0.3 is 10.2 Å². The van der Waals surface area contributed by atoms with Crippen LogP contribution in [0.2, 0.25) is 0 Å². The van der Waals surface area contributed by atoms with Crippen LogP contribution < -0.4 is 0 Å². The molecule has 1 aliphatic rings. The van der Waals surface area contributed by atoms with Crippen molar-refractivity contribution in [3.63, 3.8) is 0 Å². The van der Waals surface area contributed by atoms with Gasteiger partial charge in [-0.2, -0.15) is 9.40 Å². The highest BCUT2D eigenvalue weighted by Gasteiger charge is 2.37. The predicted octanol–water partition coefficient (Wildman–Crippen LogP) is -0.0482. The minimum Gasteiger partial charge on any atom is -0.478 e. The molecular formula is C11H17N3O5S. The number of carbonyl (C=O) groups is 1. The Morgan fingerprint density at radius 3 is 2.45 bits per heavy atom. The average Bonchev–Trinajstić information content (AvgIpc) is 2.71. The number of hydrogen-bond donors (Lipinski definition) is 3. The number of H-pyrrole nitrogens is 1. The minimum absolute atomic E-state index is 0.139. The van der Waals surface area contributed by atoms with Crippen LogP contribution in [0.25, 0.3) is 0 Å². The van der Waals surface area contributed by atoms with E-state index in [1.54, 1.807) is 6.92 Å². The van der Waals surface area contributed by atoms with Crippen LogP contribution in [0, 0.1) is 6.92 Å². The van der Waals surface area contributed by atoms with E-state index in [4.69, 9.17) is 5.11 Å². The molecule has 0 radical (unpaired) electrons. The second-order valence-electron chi connectivity index (χ2n) is 5.23. The van der Waals surface area contributed by atoms with Crippen LogP contribution >= 0.6 is 0 Å². The molecule has 0 aromatic carbocycles. The Bertz CT molecular complexity index is 624. The summed E-state index contributed by atoms with van der Waals surface area (Å²) in [5.74, 6) is -1.33. The summed E-state index contributed by atoms with van der Waals surface area (Å²) in [5, 5.41) is 24.5. The first-order chi connectivity index (χ1) is 9.15. The van der Waals surface area contributed by atoms with Crippen molar-refractivity contribution in [1.82, 2.24) is 14.5 Å². The van der Waals surface area contributed by atoms with Gasteiger partial charge in [0.25, 0.3) is 10.0 Å². The molecule has 9 heteroatoms. The summed E-state index contributed by atoms with van der Waals surface area (Å²) >= 11 is 0. The van der Waals surface area contributed by atoms with Crippen molar-refractivity contribution in [2.24, 2.45) is 0 Å². The Labute approximate surface area is 116 Å². The standard InChI is InChI=1S/C11H17N3O5S/c1-7-8(10(15)16)9(13-12-7)20(18,19)14-5-3-11(2,17)4-6-14/h17H,3-6H2,1-2H3,(H,12,13)(H,15,16). The maximum Gasteiger partial charge on any atom is 0.340 e. The third-order valence-corrected chi connectivity index (χ3v) is 5.34. The second-order valence-corrected chi connectivity index (χ2v) is 7.09. The topological polar surface area (TPSA) is 124 Å². The van der Waals surface area contributed by atoms with Gasteiger partial charge in [-0.1, -0.05) is 0 Å². The van der Waals surface area contributed by atoms with Gasteiger partial charge in [0.05, 0.1) is 5.60 Å². The maximum atomic E-state index is 12.4. The molecule has 8 nitrogen and oxygen atoms in total. The monoisotopic (exact) mass is 303 g/mol. The van der Waals surface area contributed by atoms with Crippen molar-refractivity contribution in [1.29, 1.82) is 0 Å². The Morgan fingerprint density at radius 1 is 1.40 bits per heavy atom. The number of rotatable bonds is 3. The fourth-order valence-corrected chi connectivity index (χ4v) is 3.74. The number of carboxylic acids is 1. The quantitative estimate of drug-likeness (QED) is 0.719. The summed E-state index contributed by atoms with van der Waals surface area (Å²) in [6.07, 6.45) is 0.607. The fourth-order valence-electron chi connectivity index (χ4n) is 2.18. The number of nitrogens with zero attached hydrogens (tertiary/aromatic N) is 2. The molecule has 2 rings (SSSR count). The summed E-state index contributed by atoms with van der Waals surface area (Å²) < 4.78 is 26.0. The van der Waals surface area contributed by atoms with Crippen molar-refractivity contribution >= 4 is 16.0 Å². The van der Waals surface area contributed by atoms with E-state index in [2.05, 4.69) is 10.2 Å². The second kappa shape index (κ2) is 4.83. The number of aromatic amines is 1. The molecule has 0 amide bonds. The molecule has 20 heavy (non-hydrogen) atoms. The van der Waals surface area contributed by atoms with E-state index >= 15 is 0 Å². The first kappa shape index (κ1) is 14.9. The molecule has 112 valence electrons. The van der Waals surface area contributed by atoms with E-state index < -0.39 is 26.6 Å². The van der Waals surface area contributed by atoms with E-state index in [1.807, 2.05) is 0 Å². The maximum absolute atomic E-state index is 12.4. The van der Waals surface area contributed by atoms with Gasteiger partial charge in [-0.3, -0.25) is 5.10 Å². The summed E-state index contributed by atoms with van der Waals surface area (Å²) in [6, 6.07) is 0. The van der Waals surface area contributed by atoms with E-state index in [-0.39, 0.29) is 24.3 Å². The zero-order valence-electron chi connectivity index (χ0n) is 11.3. The number of aromatic nitrogens is 2. The predicted molar refractivity (Wildman–Crippen MR) is 68.9 cm³/mol. The lowest BCUT2D eigenvalue weighted by atomic mass is 9.95. The lowest BCUT2D eigenvalue weighted by Gasteiger charge is -2.34. The number of aryl methyl sites for hydroxylation is 1. The van der Waals surface area contributed by atoms with Crippen molar-refractivity contribution in [3.8, 4) is 0 Å². The average molecular weight is 303 g/mol. The van der Waals surface area contributed by atoms with Crippen LogP contribution in [0.5, 0.6) is 0 Å². The summed E-state index contributed by atoms with van der Waals surface area (Å²) in [7, 11) is -3.97. The number of carboxylic acid groups (broad SMARTS) is 1. The van der Waals surface area contributed by atoms with Crippen molar-refractivity contribution in [2.45, 2.75) is 37.3 Å². The number of piperidine rings is 1. The van der Waals surface area contributed by atoms with Crippen LogP contribution in [0.4, 0.5) is 0 Å². The highest BCUT2D eigenvalue weighted by Crippen LogP contribution is 2.27. The van der Waals surface area contributed by atoms with Gasteiger partial charge in [0.1, 0.15) is 5.56 Å². The highest BCUT2D eigenvalue weighted by molar-refractivity contribution is 7.89. The molecule has 0 aliphatic carbocycles. The lowest BCUT2D eigenvalue weighted by molar-refractivity contribution is 0.0125. The molecule has 0 atom stereocenters. The van der Waals surface area contributed by atoms with E-state index in [0.717, 1.165) is 4.31 Å². The summed E-state index contributed by atoms with van der Waals surface area (Å²) in [6.45, 7) is 3.38. The largest absolute Gasteiger partial charge is 0.478 e. The molecule has 3 N–H and O–H groups in total. The molecule has 0 unspecified atom stereocenters. The van der Waals surface area contributed by atoms with Crippen molar-refractivity contribution < 1.29 is 23.4 Å². The zero-order chi connectivity index (χ0) is 15.1. The summed E-state index contributed by atoms with van der Waals surface area (Å²) in [4.78, 5) is 11.2. The first-order valence-corrected chi connectivity index (χ1v) is 7.60. The number of aliphatic hydroxyl groups is 1. The highest BCUT2D eigenvalue weighted by atomic mass is 32.2. The van der Waals surface area contributed by atoms with Gasteiger partial charge in [0, 0.05) is 18.8 Å². The Balaban J connectivity index is 2.35. The molecule has 1 aliphatic heterocycles. The number of sulfonamides is 1. The van der Waals surface area contributed by atoms with Gasteiger partial charge in [0.2, 0.25) is 5.03 Å². The third-order valence-electron chi connectivity index (χ3n) is 3.51. The summed E-state index contributed by atoms with van der Waals surface area (Å²) in [5.41, 5.74) is -1.02. The molecule has 1 aromatic heterocycles. The smallest absolute Gasteiger partial charge is 0.340 e. The molecule has 0 saturated carbocycles. The Kier molecular flexibility index (Phi) is 3.61. The van der Waals surface area contributed by atoms with Gasteiger partial charge in [0.15, 0.2) is 0 Å². The SMILES string of the molecule is Cc1[nH]nc(S(=O)(=O)N2CCC(C)(O)CC2)c1C(=O)O. The molecule has 1 aromatic rings. The van der Waals surface area contributed by atoms with Gasteiger partial charge in [-0.15, -0.1) is 0 Å². The molecule has 1 fully saturated rings. The normalized spacial score (nSPS) is 19.9. The Hall–Kier alpha value is -1.45. The van der Waals surface area contributed by atoms with Crippen LogP contribution in [0.1, 0.15) is 35.8 Å². The number of hydrogen-bond acceptors (Lipinski definition) is 5. The minimum atomic E-state index is -3.97. The van der Waals surface area contributed by atoms with E-state index in [0.29, 0.717) is 12.8 Å². The lowest BCUT2D eigenvalue weighted by Crippen LogP contribution is -2.45. The molecule has 2 heterocycles. The van der Waals surface area contributed by atoms with Crippen molar-refractivity contribution in [3.05, 3.63) is 11.3 Å². The van der Waals surface area contributed by atoms with E-state index in [1.165, 1.54) is 6.92 Å². The molecule has 0 spiro atoms. The van der Waals surface area contributed by atoms with Crippen LogP contribution in [0.15, 0.2) is 5.03 Å². The van der Waals surface area contributed by atoms with Crippen LogP contribution in [-0.2, 0) is 10.0 Å². The Morgan fingerprint density at radius 2 is 1.95 bits per heavy atom.